The number of hydrogen-bond donors (Lipinski definition) is 2. The number of halogens is 2. The maximum absolute atomic E-state index is 14.1. The molecule has 2 aromatic carbocycles. The predicted octanol–water partition coefficient (Wildman–Crippen LogP) is 2.47. The van der Waals surface area contributed by atoms with Gasteiger partial charge in [0.1, 0.15) is 22.8 Å². The Morgan fingerprint density at radius 2 is 1.96 bits per heavy atom. The fraction of sp³-hybridized carbons (Fsp3) is 0.118. The summed E-state index contributed by atoms with van der Waals surface area (Å²) in [7, 11) is 0. The lowest BCUT2D eigenvalue weighted by molar-refractivity contribution is 0.194. The second kappa shape index (κ2) is 6.68. The predicted molar refractivity (Wildman–Crippen MR) is 87.0 cm³/mol. The molecule has 0 aliphatic carbocycles. The van der Waals surface area contributed by atoms with Gasteiger partial charge in [0.15, 0.2) is 0 Å². The van der Waals surface area contributed by atoms with E-state index in [1.807, 2.05) is 0 Å². The van der Waals surface area contributed by atoms with Crippen molar-refractivity contribution in [2.45, 2.75) is 6.42 Å². The van der Waals surface area contributed by atoms with Gasteiger partial charge in [0.05, 0.1) is 11.2 Å². The molecule has 128 valence electrons. The van der Waals surface area contributed by atoms with E-state index in [2.05, 4.69) is 10.3 Å². The van der Waals surface area contributed by atoms with Crippen molar-refractivity contribution in [3.05, 3.63) is 70.3 Å². The zero-order valence-corrected chi connectivity index (χ0v) is 12.9. The molecule has 1 amide bonds. The fourth-order valence-electron chi connectivity index (χ4n) is 2.57. The van der Waals surface area contributed by atoms with Crippen LogP contribution in [0.25, 0.3) is 16.6 Å². The zero-order valence-electron chi connectivity index (χ0n) is 12.9. The number of amides is 1. The number of carbonyl (C=O) groups is 1. The highest BCUT2D eigenvalue weighted by Gasteiger charge is 2.16. The van der Waals surface area contributed by atoms with Crippen molar-refractivity contribution in [2.24, 2.45) is 0 Å². The lowest BCUT2D eigenvalue weighted by Crippen LogP contribution is -2.29. The van der Waals surface area contributed by atoms with E-state index in [4.69, 9.17) is 5.11 Å². The molecular formula is C17H13F2N3O3. The van der Waals surface area contributed by atoms with Crippen molar-refractivity contribution in [3.8, 4) is 5.69 Å². The van der Waals surface area contributed by atoms with Crippen LogP contribution in [0, 0.1) is 11.6 Å². The van der Waals surface area contributed by atoms with Crippen molar-refractivity contribution in [3.63, 3.8) is 0 Å². The fourth-order valence-corrected chi connectivity index (χ4v) is 2.57. The number of fused-ring (bicyclic) bond motifs is 1. The molecule has 0 spiro atoms. The maximum atomic E-state index is 14.1. The third-order valence-electron chi connectivity index (χ3n) is 3.61. The number of carboxylic acid groups (broad SMARTS) is 1. The van der Waals surface area contributed by atoms with Crippen LogP contribution in [0.5, 0.6) is 0 Å². The molecule has 0 atom stereocenters. The summed E-state index contributed by atoms with van der Waals surface area (Å²) in [6.45, 7) is -0.00207. The quantitative estimate of drug-likeness (QED) is 0.761. The van der Waals surface area contributed by atoms with E-state index in [0.29, 0.717) is 0 Å². The number of nitrogens with zero attached hydrogens (tertiary/aromatic N) is 2. The first-order chi connectivity index (χ1) is 12.0. The highest BCUT2D eigenvalue weighted by Crippen LogP contribution is 2.16. The summed E-state index contributed by atoms with van der Waals surface area (Å²) in [5, 5.41) is 10.6. The van der Waals surface area contributed by atoms with Crippen LogP contribution in [-0.4, -0.2) is 27.3 Å². The number of nitrogens with one attached hydrogen (secondary N) is 1. The van der Waals surface area contributed by atoms with E-state index < -0.39 is 23.3 Å². The van der Waals surface area contributed by atoms with Crippen LogP contribution in [0.2, 0.25) is 0 Å². The molecule has 1 aromatic heterocycles. The molecule has 0 saturated carbocycles. The number of benzene rings is 2. The zero-order chi connectivity index (χ0) is 18.0. The molecule has 0 unspecified atom stereocenters. The van der Waals surface area contributed by atoms with Gasteiger partial charge in [-0.3, -0.25) is 9.36 Å². The molecule has 3 aromatic rings. The van der Waals surface area contributed by atoms with E-state index in [1.54, 1.807) is 0 Å². The highest BCUT2D eigenvalue weighted by molar-refractivity contribution is 5.78. The van der Waals surface area contributed by atoms with E-state index in [9.17, 15) is 18.4 Å². The van der Waals surface area contributed by atoms with Gasteiger partial charge >= 0.3 is 6.09 Å². The van der Waals surface area contributed by atoms with Gasteiger partial charge in [0.25, 0.3) is 5.56 Å². The SMILES string of the molecule is O=C(O)NCCc1nc2cccc(F)c2c(=O)n1-c1cccc(F)c1. The molecule has 0 radical (unpaired) electrons. The summed E-state index contributed by atoms with van der Waals surface area (Å²) in [6.07, 6.45) is -1.14. The Hall–Kier alpha value is -3.29. The Bertz CT molecular complexity index is 1020. The summed E-state index contributed by atoms with van der Waals surface area (Å²) >= 11 is 0. The molecule has 0 aliphatic heterocycles. The minimum atomic E-state index is -1.22. The highest BCUT2D eigenvalue weighted by atomic mass is 19.1. The van der Waals surface area contributed by atoms with Crippen molar-refractivity contribution >= 4 is 17.0 Å². The Morgan fingerprint density at radius 3 is 2.68 bits per heavy atom. The maximum Gasteiger partial charge on any atom is 0.404 e. The number of rotatable bonds is 4. The monoisotopic (exact) mass is 345 g/mol. The van der Waals surface area contributed by atoms with Gasteiger partial charge in [-0.2, -0.15) is 0 Å². The largest absolute Gasteiger partial charge is 0.465 e. The van der Waals surface area contributed by atoms with Crippen molar-refractivity contribution in [1.82, 2.24) is 14.9 Å². The number of hydrogen-bond acceptors (Lipinski definition) is 3. The van der Waals surface area contributed by atoms with Crippen LogP contribution in [-0.2, 0) is 6.42 Å². The first-order valence-corrected chi connectivity index (χ1v) is 7.40. The molecule has 1 heterocycles. The molecule has 0 saturated heterocycles. The molecule has 0 aliphatic rings. The minimum absolute atomic E-state index is 0.00207. The Morgan fingerprint density at radius 1 is 1.20 bits per heavy atom. The van der Waals surface area contributed by atoms with Crippen LogP contribution in [0.4, 0.5) is 13.6 Å². The average Bonchev–Trinajstić information content (AvgIpc) is 2.54. The summed E-state index contributed by atoms with van der Waals surface area (Å²) in [4.78, 5) is 27.7. The summed E-state index contributed by atoms with van der Waals surface area (Å²) in [5.74, 6) is -1.09. The molecule has 0 fully saturated rings. The first kappa shape index (κ1) is 16.6. The van der Waals surface area contributed by atoms with Gasteiger partial charge in [-0.05, 0) is 30.3 Å². The second-order valence-corrected chi connectivity index (χ2v) is 5.26. The molecule has 25 heavy (non-hydrogen) atoms. The standard InChI is InChI=1S/C17H13F2N3O3/c18-10-3-1-4-11(9-10)22-14(7-8-20-17(24)25)21-13-6-2-5-12(19)15(13)16(22)23/h1-6,9,20H,7-8H2,(H,24,25). The molecule has 0 bridgehead atoms. The Balaban J connectivity index is 2.23. The normalized spacial score (nSPS) is 10.8. The van der Waals surface area contributed by atoms with E-state index in [-0.39, 0.29) is 35.4 Å². The van der Waals surface area contributed by atoms with Gasteiger partial charge in [-0.15, -0.1) is 0 Å². The first-order valence-electron chi connectivity index (χ1n) is 7.40. The van der Waals surface area contributed by atoms with Gasteiger partial charge in [0.2, 0.25) is 0 Å². The van der Waals surface area contributed by atoms with Gasteiger partial charge in [0, 0.05) is 13.0 Å². The smallest absolute Gasteiger partial charge is 0.404 e. The summed E-state index contributed by atoms with van der Waals surface area (Å²) in [6, 6.07) is 9.32. The van der Waals surface area contributed by atoms with Crippen molar-refractivity contribution in [1.29, 1.82) is 0 Å². The molecule has 3 rings (SSSR count). The van der Waals surface area contributed by atoms with Crippen LogP contribution < -0.4 is 10.9 Å². The molecular weight excluding hydrogens is 332 g/mol. The lowest BCUT2D eigenvalue weighted by Gasteiger charge is -2.14. The van der Waals surface area contributed by atoms with E-state index >= 15 is 0 Å². The van der Waals surface area contributed by atoms with Gasteiger partial charge in [-0.1, -0.05) is 12.1 Å². The van der Waals surface area contributed by atoms with Crippen LogP contribution in [0.1, 0.15) is 5.82 Å². The van der Waals surface area contributed by atoms with Crippen molar-refractivity contribution in [2.75, 3.05) is 6.54 Å². The molecule has 2 N–H and O–H groups in total. The van der Waals surface area contributed by atoms with Crippen LogP contribution in [0.3, 0.4) is 0 Å². The summed E-state index contributed by atoms with van der Waals surface area (Å²) in [5.41, 5.74) is -0.338. The topological polar surface area (TPSA) is 84.2 Å². The van der Waals surface area contributed by atoms with Gasteiger partial charge < -0.3 is 10.4 Å². The van der Waals surface area contributed by atoms with E-state index in [0.717, 1.165) is 16.7 Å². The molecule has 6 nitrogen and oxygen atoms in total. The second-order valence-electron chi connectivity index (χ2n) is 5.26. The third-order valence-corrected chi connectivity index (χ3v) is 3.61. The van der Waals surface area contributed by atoms with E-state index in [1.165, 1.54) is 30.3 Å². The summed E-state index contributed by atoms with van der Waals surface area (Å²) < 4.78 is 28.8. The minimum Gasteiger partial charge on any atom is -0.465 e. The Labute approximate surface area is 140 Å². The number of aromatic nitrogens is 2. The van der Waals surface area contributed by atoms with Crippen LogP contribution in [0.15, 0.2) is 47.3 Å². The molecule has 8 heteroatoms. The van der Waals surface area contributed by atoms with Crippen molar-refractivity contribution < 1.29 is 18.7 Å². The lowest BCUT2D eigenvalue weighted by atomic mass is 10.2. The Kier molecular flexibility index (Phi) is 4.42. The van der Waals surface area contributed by atoms with Crippen LogP contribution >= 0.6 is 0 Å². The third kappa shape index (κ3) is 3.32. The van der Waals surface area contributed by atoms with Gasteiger partial charge in [-0.25, -0.2) is 18.6 Å². The average molecular weight is 345 g/mol.